The van der Waals surface area contributed by atoms with Crippen molar-refractivity contribution < 1.29 is 14.3 Å². The molecule has 1 atom stereocenters. The van der Waals surface area contributed by atoms with Gasteiger partial charge in [0.1, 0.15) is 5.75 Å². The molecule has 1 aromatic rings. The van der Waals surface area contributed by atoms with Gasteiger partial charge in [-0.15, -0.1) is 0 Å². The minimum atomic E-state index is -1.78. The molecule has 0 aliphatic carbocycles. The average molecular weight is 375 g/mol. The van der Waals surface area contributed by atoms with E-state index in [1.54, 1.807) is 0 Å². The van der Waals surface area contributed by atoms with Crippen molar-refractivity contribution in [1.82, 2.24) is 0 Å². The molecule has 0 saturated heterocycles. The van der Waals surface area contributed by atoms with Gasteiger partial charge < -0.3 is 14.3 Å². The number of hydrogen-bond acceptors (Lipinski definition) is 3. The van der Waals surface area contributed by atoms with Crippen LogP contribution in [0.1, 0.15) is 20.8 Å². The van der Waals surface area contributed by atoms with Gasteiger partial charge >= 0.3 is 0 Å². The Balaban J connectivity index is 2.49. The first-order valence-electron chi connectivity index (χ1n) is 7.29. The Labute approximate surface area is 137 Å². The van der Waals surface area contributed by atoms with Gasteiger partial charge in [-0.3, -0.25) is 0 Å². The maximum atomic E-state index is 9.50. The standard InChI is InChI=1S/C16H27BrO3Si/c1-16(2,3)21(4,5)20-12-13(10-18)11-19-15-8-6-7-14(17)9-15/h6-9,13,18H,10-12H2,1-5H3/t13-/m0/s1. The van der Waals surface area contributed by atoms with Crippen molar-refractivity contribution in [2.75, 3.05) is 19.8 Å². The molecule has 0 amide bonds. The molecular formula is C16H27BrO3Si. The fourth-order valence-electron chi connectivity index (χ4n) is 1.47. The molecule has 0 heterocycles. The molecule has 21 heavy (non-hydrogen) atoms. The Kier molecular flexibility index (Phi) is 6.91. The highest BCUT2D eigenvalue weighted by molar-refractivity contribution is 9.10. The van der Waals surface area contributed by atoms with Gasteiger partial charge in [0, 0.05) is 17.0 Å². The third-order valence-electron chi connectivity index (χ3n) is 4.03. The molecule has 120 valence electrons. The molecule has 5 heteroatoms. The highest BCUT2D eigenvalue weighted by Gasteiger charge is 2.37. The molecule has 0 aliphatic rings. The lowest BCUT2D eigenvalue weighted by atomic mass is 10.2. The zero-order valence-electron chi connectivity index (χ0n) is 13.6. The maximum Gasteiger partial charge on any atom is 0.191 e. The lowest BCUT2D eigenvalue weighted by molar-refractivity contribution is 0.110. The zero-order chi connectivity index (χ0) is 16.1. The summed E-state index contributed by atoms with van der Waals surface area (Å²) in [5.74, 6) is 0.799. The first-order chi connectivity index (χ1) is 9.65. The van der Waals surface area contributed by atoms with E-state index < -0.39 is 8.32 Å². The third-order valence-corrected chi connectivity index (χ3v) is 9.02. The third kappa shape index (κ3) is 6.10. The first kappa shape index (κ1) is 18.7. The molecule has 0 bridgehead atoms. The molecule has 0 spiro atoms. The molecule has 0 fully saturated rings. The fraction of sp³-hybridized carbons (Fsp3) is 0.625. The molecule has 0 saturated carbocycles. The number of aliphatic hydroxyl groups excluding tert-OH is 1. The summed E-state index contributed by atoms with van der Waals surface area (Å²) in [6.45, 7) is 12.2. The van der Waals surface area contributed by atoms with Crippen LogP contribution in [0.3, 0.4) is 0 Å². The highest BCUT2D eigenvalue weighted by Crippen LogP contribution is 2.36. The second-order valence-electron chi connectivity index (χ2n) is 6.89. The van der Waals surface area contributed by atoms with Gasteiger partial charge in [0.15, 0.2) is 8.32 Å². The summed E-state index contributed by atoms with van der Waals surface area (Å²) < 4.78 is 12.9. The minimum absolute atomic E-state index is 0.00175. The lowest BCUT2D eigenvalue weighted by Gasteiger charge is -2.37. The topological polar surface area (TPSA) is 38.7 Å². The van der Waals surface area contributed by atoms with Crippen molar-refractivity contribution in [3.8, 4) is 5.75 Å². The van der Waals surface area contributed by atoms with Crippen LogP contribution in [0.15, 0.2) is 28.7 Å². The minimum Gasteiger partial charge on any atom is -0.493 e. The second-order valence-corrected chi connectivity index (χ2v) is 12.6. The zero-order valence-corrected chi connectivity index (χ0v) is 16.2. The Morgan fingerprint density at radius 2 is 1.90 bits per heavy atom. The highest BCUT2D eigenvalue weighted by atomic mass is 79.9. The summed E-state index contributed by atoms with van der Waals surface area (Å²) in [6.07, 6.45) is 0. The maximum absolute atomic E-state index is 9.50. The van der Waals surface area contributed by atoms with Crippen molar-refractivity contribution >= 4 is 24.2 Å². The average Bonchev–Trinajstić information content (AvgIpc) is 2.37. The van der Waals surface area contributed by atoms with E-state index in [4.69, 9.17) is 9.16 Å². The van der Waals surface area contributed by atoms with Gasteiger partial charge in [-0.1, -0.05) is 42.8 Å². The largest absolute Gasteiger partial charge is 0.493 e. The van der Waals surface area contributed by atoms with E-state index in [9.17, 15) is 5.11 Å². The van der Waals surface area contributed by atoms with Crippen LogP contribution in [-0.4, -0.2) is 33.2 Å². The van der Waals surface area contributed by atoms with Crippen LogP contribution in [0.4, 0.5) is 0 Å². The summed E-state index contributed by atoms with van der Waals surface area (Å²) in [4.78, 5) is 0. The fourth-order valence-corrected chi connectivity index (χ4v) is 2.93. The normalized spacial score (nSPS) is 14.0. The Morgan fingerprint density at radius 1 is 1.24 bits per heavy atom. The molecule has 0 unspecified atom stereocenters. The van der Waals surface area contributed by atoms with Crippen molar-refractivity contribution in [2.24, 2.45) is 5.92 Å². The lowest BCUT2D eigenvalue weighted by Crippen LogP contribution is -2.42. The second kappa shape index (κ2) is 7.77. The summed E-state index contributed by atoms with van der Waals surface area (Å²) in [5.41, 5.74) is 0. The first-order valence-corrected chi connectivity index (χ1v) is 11.0. The number of hydrogen-bond donors (Lipinski definition) is 1. The SMILES string of the molecule is CC(C)(C)[Si](C)(C)OC[C@@H](CO)COc1cccc(Br)c1. The summed E-state index contributed by atoms with van der Waals surface area (Å²) in [5, 5.41) is 9.68. The predicted octanol–water partition coefficient (Wildman–Crippen LogP) is 4.46. The molecule has 1 rings (SSSR count). The molecule has 0 radical (unpaired) electrons. The van der Waals surface area contributed by atoms with Crippen molar-refractivity contribution in [3.63, 3.8) is 0 Å². The number of ether oxygens (including phenoxy) is 1. The van der Waals surface area contributed by atoms with Crippen LogP contribution in [-0.2, 0) is 4.43 Å². The van der Waals surface area contributed by atoms with E-state index in [-0.39, 0.29) is 17.6 Å². The molecule has 3 nitrogen and oxygen atoms in total. The van der Waals surface area contributed by atoms with Gasteiger partial charge in [0.2, 0.25) is 0 Å². The predicted molar refractivity (Wildman–Crippen MR) is 93.4 cm³/mol. The van der Waals surface area contributed by atoms with E-state index >= 15 is 0 Å². The van der Waals surface area contributed by atoms with E-state index in [1.807, 2.05) is 24.3 Å². The van der Waals surface area contributed by atoms with Crippen LogP contribution >= 0.6 is 15.9 Å². The number of rotatable bonds is 7. The molecule has 0 aromatic heterocycles. The monoisotopic (exact) mass is 374 g/mol. The van der Waals surface area contributed by atoms with Crippen LogP contribution in [0, 0.1) is 5.92 Å². The van der Waals surface area contributed by atoms with Gasteiger partial charge in [-0.25, -0.2) is 0 Å². The Morgan fingerprint density at radius 3 is 2.43 bits per heavy atom. The van der Waals surface area contributed by atoms with Gasteiger partial charge in [-0.05, 0) is 36.3 Å². The molecule has 0 aliphatic heterocycles. The van der Waals surface area contributed by atoms with E-state index in [2.05, 4.69) is 49.8 Å². The van der Waals surface area contributed by atoms with Crippen molar-refractivity contribution in [3.05, 3.63) is 28.7 Å². The van der Waals surface area contributed by atoms with Crippen LogP contribution < -0.4 is 4.74 Å². The molecule has 1 aromatic carbocycles. The van der Waals surface area contributed by atoms with E-state index in [0.717, 1.165) is 10.2 Å². The molecule has 1 N–H and O–H groups in total. The van der Waals surface area contributed by atoms with Crippen molar-refractivity contribution in [1.29, 1.82) is 0 Å². The van der Waals surface area contributed by atoms with Crippen molar-refractivity contribution in [2.45, 2.75) is 38.9 Å². The number of halogens is 1. The van der Waals surface area contributed by atoms with Crippen LogP contribution in [0.2, 0.25) is 18.1 Å². The Hall–Kier alpha value is -0.363. The summed E-state index contributed by atoms with van der Waals surface area (Å²) in [7, 11) is -1.78. The van der Waals surface area contributed by atoms with Gasteiger partial charge in [0.05, 0.1) is 13.2 Å². The van der Waals surface area contributed by atoms with Gasteiger partial charge in [0.25, 0.3) is 0 Å². The Bertz CT molecular complexity index is 443. The number of aliphatic hydroxyl groups is 1. The van der Waals surface area contributed by atoms with E-state index in [0.29, 0.717) is 13.2 Å². The summed E-state index contributed by atoms with van der Waals surface area (Å²) in [6, 6.07) is 7.72. The molecular weight excluding hydrogens is 348 g/mol. The van der Waals surface area contributed by atoms with E-state index in [1.165, 1.54) is 0 Å². The van der Waals surface area contributed by atoms with Crippen LogP contribution in [0.25, 0.3) is 0 Å². The number of benzene rings is 1. The smallest absolute Gasteiger partial charge is 0.191 e. The summed E-state index contributed by atoms with van der Waals surface area (Å²) >= 11 is 3.42. The quantitative estimate of drug-likeness (QED) is 0.716. The van der Waals surface area contributed by atoms with Crippen LogP contribution in [0.5, 0.6) is 5.75 Å². The van der Waals surface area contributed by atoms with Gasteiger partial charge in [-0.2, -0.15) is 0 Å².